The molecule has 2 atom stereocenters. The number of carbonyl (C=O) groups is 1. The lowest BCUT2D eigenvalue weighted by atomic mass is 9.83. The average molecular weight is 417 g/mol. The fourth-order valence-corrected chi connectivity index (χ4v) is 5.26. The molecule has 30 heavy (non-hydrogen) atoms. The van der Waals surface area contributed by atoms with E-state index in [1.807, 2.05) is 15.5 Å². The molecule has 160 valence electrons. The largest absolute Gasteiger partial charge is 0.459 e. The number of alkyl halides is 2. The molecular weight excluding hydrogens is 392 g/mol. The smallest absolute Gasteiger partial charge is 0.289 e. The Labute approximate surface area is 173 Å². The van der Waals surface area contributed by atoms with Gasteiger partial charge in [-0.2, -0.15) is 0 Å². The Kier molecular flexibility index (Phi) is 4.76. The van der Waals surface area contributed by atoms with Crippen LogP contribution in [0, 0.1) is 5.92 Å². The van der Waals surface area contributed by atoms with Crippen molar-refractivity contribution in [1.82, 2.24) is 14.4 Å². The van der Waals surface area contributed by atoms with Gasteiger partial charge in [0.15, 0.2) is 5.76 Å². The summed E-state index contributed by atoms with van der Waals surface area (Å²) in [6.07, 6.45) is 2.80. The van der Waals surface area contributed by atoms with E-state index < -0.39 is 5.92 Å². The second kappa shape index (κ2) is 7.34. The van der Waals surface area contributed by atoms with E-state index in [-0.39, 0.29) is 42.8 Å². The van der Waals surface area contributed by atoms with Crippen molar-refractivity contribution in [3.63, 3.8) is 0 Å². The number of hydrogen-bond donors (Lipinski definition) is 0. The monoisotopic (exact) mass is 417 g/mol. The fraction of sp³-hybridized carbons (Fsp3) is 0.545. The molecule has 2 bridgehead atoms. The van der Waals surface area contributed by atoms with Gasteiger partial charge in [-0.15, -0.1) is 0 Å². The number of likely N-dealkylation sites (tertiary alicyclic amines) is 2. The number of fused-ring (bicyclic) bond motifs is 4. The summed E-state index contributed by atoms with van der Waals surface area (Å²) in [6, 6.07) is 7.10. The van der Waals surface area contributed by atoms with Gasteiger partial charge in [0.2, 0.25) is 0 Å². The fourth-order valence-electron chi connectivity index (χ4n) is 5.26. The summed E-state index contributed by atoms with van der Waals surface area (Å²) in [5.41, 5.74) is 1.42. The van der Waals surface area contributed by atoms with Crippen LogP contribution in [0.25, 0.3) is 0 Å². The average Bonchev–Trinajstić information content (AvgIpc) is 3.24. The second-order valence-corrected chi connectivity index (χ2v) is 8.86. The van der Waals surface area contributed by atoms with Crippen LogP contribution in [-0.2, 0) is 13.1 Å². The Morgan fingerprint density at radius 1 is 1.20 bits per heavy atom. The van der Waals surface area contributed by atoms with E-state index in [1.54, 1.807) is 23.1 Å². The first-order valence-corrected chi connectivity index (χ1v) is 10.6. The standard InChI is InChI=1S/C22H25F2N3O3/c23-22(24)6-2-7-25(14-22)12-16-4-5-18-17-9-15(11-27(18)20(16)28)10-26(13-17)21(29)19-3-1-8-30-19/h1,3-5,8,15,17H,2,6-7,9-14H2/t15-,17+/m0/s1. The van der Waals surface area contributed by atoms with Crippen LogP contribution in [0.1, 0.15) is 47.0 Å². The van der Waals surface area contributed by atoms with E-state index >= 15 is 0 Å². The Bertz CT molecular complexity index is 1000. The van der Waals surface area contributed by atoms with Gasteiger partial charge in [-0.05, 0) is 43.5 Å². The number of nitrogens with zero attached hydrogens (tertiary/aromatic N) is 3. The maximum atomic E-state index is 13.7. The maximum absolute atomic E-state index is 13.7. The molecule has 2 fully saturated rings. The maximum Gasteiger partial charge on any atom is 0.289 e. The first kappa shape index (κ1) is 19.5. The lowest BCUT2D eigenvalue weighted by molar-refractivity contribution is -0.0662. The van der Waals surface area contributed by atoms with Crippen molar-refractivity contribution in [3.05, 3.63) is 57.9 Å². The van der Waals surface area contributed by atoms with Crippen molar-refractivity contribution in [2.45, 2.75) is 44.2 Å². The molecule has 6 nitrogen and oxygen atoms in total. The summed E-state index contributed by atoms with van der Waals surface area (Å²) in [5, 5.41) is 0. The highest BCUT2D eigenvalue weighted by Gasteiger charge is 2.38. The number of carbonyl (C=O) groups excluding carboxylic acids is 1. The molecule has 5 rings (SSSR count). The molecule has 2 aromatic rings. The summed E-state index contributed by atoms with van der Waals surface area (Å²) in [6.45, 7) is 2.25. The zero-order valence-electron chi connectivity index (χ0n) is 16.7. The summed E-state index contributed by atoms with van der Waals surface area (Å²) in [7, 11) is 0. The predicted octanol–water partition coefficient (Wildman–Crippen LogP) is 2.93. The highest BCUT2D eigenvalue weighted by molar-refractivity contribution is 5.91. The molecule has 0 spiro atoms. The lowest BCUT2D eigenvalue weighted by Crippen LogP contribution is -2.49. The first-order valence-electron chi connectivity index (χ1n) is 10.6. The van der Waals surface area contributed by atoms with E-state index in [1.165, 1.54) is 6.26 Å². The van der Waals surface area contributed by atoms with Crippen molar-refractivity contribution in [2.24, 2.45) is 5.92 Å². The van der Waals surface area contributed by atoms with Crippen molar-refractivity contribution in [3.8, 4) is 0 Å². The van der Waals surface area contributed by atoms with Crippen LogP contribution in [0.3, 0.4) is 0 Å². The Morgan fingerprint density at radius 2 is 2.07 bits per heavy atom. The topological polar surface area (TPSA) is 58.7 Å². The highest BCUT2D eigenvalue weighted by atomic mass is 19.3. The minimum Gasteiger partial charge on any atom is -0.459 e. The first-order chi connectivity index (χ1) is 14.4. The van der Waals surface area contributed by atoms with Crippen molar-refractivity contribution < 1.29 is 18.0 Å². The molecular formula is C22H25F2N3O3. The molecule has 1 amide bonds. The highest BCUT2D eigenvalue weighted by Crippen LogP contribution is 2.36. The molecule has 3 aliphatic heterocycles. The van der Waals surface area contributed by atoms with Gasteiger partial charge in [0.05, 0.1) is 12.8 Å². The Hall–Kier alpha value is -2.48. The van der Waals surface area contributed by atoms with Crippen LogP contribution in [0.2, 0.25) is 0 Å². The van der Waals surface area contributed by atoms with Crippen LogP contribution in [0.15, 0.2) is 39.7 Å². The van der Waals surface area contributed by atoms with E-state index in [0.717, 1.165) is 12.1 Å². The predicted molar refractivity (Wildman–Crippen MR) is 106 cm³/mol. The Morgan fingerprint density at radius 3 is 2.83 bits per heavy atom. The van der Waals surface area contributed by atoms with E-state index in [0.29, 0.717) is 43.9 Å². The van der Waals surface area contributed by atoms with Crippen LogP contribution in [0.5, 0.6) is 0 Å². The quantitative estimate of drug-likeness (QED) is 0.771. The van der Waals surface area contributed by atoms with Gasteiger partial charge in [0.25, 0.3) is 17.4 Å². The third-order valence-corrected chi connectivity index (χ3v) is 6.57. The molecule has 0 saturated carbocycles. The van der Waals surface area contributed by atoms with E-state index in [2.05, 4.69) is 0 Å². The molecule has 0 N–H and O–H groups in total. The molecule has 8 heteroatoms. The summed E-state index contributed by atoms with van der Waals surface area (Å²) >= 11 is 0. The Balaban J connectivity index is 1.36. The molecule has 0 aliphatic carbocycles. The molecule has 3 aliphatic rings. The summed E-state index contributed by atoms with van der Waals surface area (Å²) in [4.78, 5) is 29.3. The number of rotatable bonds is 3. The minimum atomic E-state index is -2.68. The van der Waals surface area contributed by atoms with Gasteiger partial charge in [-0.1, -0.05) is 6.07 Å². The van der Waals surface area contributed by atoms with Gasteiger partial charge >= 0.3 is 0 Å². The van der Waals surface area contributed by atoms with E-state index in [4.69, 9.17) is 4.42 Å². The molecule has 0 aromatic carbocycles. The van der Waals surface area contributed by atoms with Gasteiger partial charge in [-0.25, -0.2) is 8.78 Å². The molecule has 2 aromatic heterocycles. The van der Waals surface area contributed by atoms with Crippen molar-refractivity contribution in [2.75, 3.05) is 26.2 Å². The number of pyridine rings is 1. The number of piperidine rings is 2. The number of amides is 1. The number of aromatic nitrogens is 1. The zero-order valence-corrected chi connectivity index (χ0v) is 16.7. The number of hydrogen-bond acceptors (Lipinski definition) is 4. The van der Waals surface area contributed by atoms with Crippen LogP contribution < -0.4 is 5.56 Å². The van der Waals surface area contributed by atoms with Gasteiger partial charge < -0.3 is 13.9 Å². The molecule has 2 saturated heterocycles. The SMILES string of the molecule is O=C(c1ccco1)N1C[C@@H]2C[C@H](C1)c1ccc(CN3CCCC(F)(F)C3)c(=O)n1C2. The van der Waals surface area contributed by atoms with Crippen molar-refractivity contribution >= 4 is 5.91 Å². The van der Waals surface area contributed by atoms with Gasteiger partial charge in [0.1, 0.15) is 0 Å². The third kappa shape index (κ3) is 3.57. The molecule has 0 radical (unpaired) electrons. The van der Waals surface area contributed by atoms with Crippen LogP contribution in [-0.4, -0.2) is 52.4 Å². The minimum absolute atomic E-state index is 0.0801. The second-order valence-electron chi connectivity index (χ2n) is 8.86. The number of furan rings is 1. The molecule has 0 unspecified atom stereocenters. The van der Waals surface area contributed by atoms with Gasteiger partial charge in [-0.3, -0.25) is 14.5 Å². The third-order valence-electron chi connectivity index (χ3n) is 6.57. The summed E-state index contributed by atoms with van der Waals surface area (Å²) < 4.78 is 34.5. The molecule has 5 heterocycles. The van der Waals surface area contributed by atoms with Crippen LogP contribution in [0.4, 0.5) is 8.78 Å². The number of halogens is 2. The van der Waals surface area contributed by atoms with Gasteiger partial charge in [0, 0.05) is 49.8 Å². The van der Waals surface area contributed by atoms with E-state index in [9.17, 15) is 18.4 Å². The zero-order chi connectivity index (χ0) is 20.9. The summed E-state index contributed by atoms with van der Waals surface area (Å²) in [5.74, 6) is -2.17. The normalized spacial score (nSPS) is 25.7. The lowest BCUT2D eigenvalue weighted by Gasteiger charge is -2.42. The van der Waals surface area contributed by atoms with Crippen molar-refractivity contribution in [1.29, 1.82) is 0 Å². The van der Waals surface area contributed by atoms with Crippen LogP contribution >= 0.6 is 0 Å².